The molecule has 0 aliphatic rings. The van der Waals surface area contributed by atoms with Crippen molar-refractivity contribution in [2.45, 2.75) is 30.7 Å². The van der Waals surface area contributed by atoms with Gasteiger partial charge in [0, 0.05) is 7.11 Å². The Balaban J connectivity index is 2.92. The van der Waals surface area contributed by atoms with Gasteiger partial charge in [0.05, 0.1) is 29.5 Å². The summed E-state index contributed by atoms with van der Waals surface area (Å²) in [6.45, 7) is 3.77. The number of nitrogens with one attached hydrogen (secondary N) is 1. The third kappa shape index (κ3) is 4.63. The van der Waals surface area contributed by atoms with Crippen LogP contribution in [-0.4, -0.2) is 27.7 Å². The van der Waals surface area contributed by atoms with Crippen LogP contribution in [0.4, 0.5) is 0 Å². The summed E-state index contributed by atoms with van der Waals surface area (Å²) in [5.41, 5.74) is 0.108. The Labute approximate surface area is 114 Å². The lowest BCUT2D eigenvalue weighted by Crippen LogP contribution is -2.46. The fourth-order valence-corrected chi connectivity index (χ4v) is 3.09. The summed E-state index contributed by atoms with van der Waals surface area (Å²) >= 11 is 0. The average Bonchev–Trinajstić information content (AvgIpc) is 2.28. The first kappa shape index (κ1) is 15.6. The Morgan fingerprint density at radius 1 is 1.32 bits per heavy atom. The predicted octanol–water partition coefficient (Wildman–Crippen LogP) is 1.46. The van der Waals surface area contributed by atoms with E-state index in [0.717, 1.165) is 5.56 Å². The molecule has 0 amide bonds. The maximum Gasteiger partial charge on any atom is 0.241 e. The maximum atomic E-state index is 12.2. The predicted molar refractivity (Wildman–Crippen MR) is 72.0 cm³/mol. The van der Waals surface area contributed by atoms with Crippen LogP contribution in [0.15, 0.2) is 29.2 Å². The van der Waals surface area contributed by atoms with E-state index in [0.29, 0.717) is 0 Å². The van der Waals surface area contributed by atoms with Gasteiger partial charge in [-0.1, -0.05) is 12.1 Å². The van der Waals surface area contributed by atoms with Gasteiger partial charge in [0.2, 0.25) is 10.0 Å². The summed E-state index contributed by atoms with van der Waals surface area (Å²) in [4.78, 5) is 0.179. The SMILES string of the molecule is COCC(C)(C)NS(=O)(=O)c1ccc(CC#N)cc1. The third-order valence-electron chi connectivity index (χ3n) is 2.43. The van der Waals surface area contributed by atoms with Crippen LogP contribution in [0.25, 0.3) is 0 Å². The van der Waals surface area contributed by atoms with Gasteiger partial charge in [0.25, 0.3) is 0 Å². The molecule has 0 radical (unpaired) electrons. The number of nitriles is 1. The number of ether oxygens (including phenoxy) is 1. The Kier molecular flexibility index (Phi) is 5.06. The molecule has 0 spiro atoms. The molecule has 1 N–H and O–H groups in total. The molecule has 19 heavy (non-hydrogen) atoms. The summed E-state index contributed by atoms with van der Waals surface area (Å²) in [5, 5.41) is 8.57. The highest BCUT2D eigenvalue weighted by Crippen LogP contribution is 2.14. The van der Waals surface area contributed by atoms with Crippen LogP contribution < -0.4 is 4.72 Å². The van der Waals surface area contributed by atoms with Crippen molar-refractivity contribution in [2.24, 2.45) is 0 Å². The average molecular weight is 282 g/mol. The first-order valence-corrected chi connectivity index (χ1v) is 7.28. The Morgan fingerprint density at radius 3 is 2.37 bits per heavy atom. The van der Waals surface area contributed by atoms with Crippen LogP contribution in [0.1, 0.15) is 19.4 Å². The smallest absolute Gasteiger partial charge is 0.241 e. The number of sulfonamides is 1. The number of benzene rings is 1. The highest BCUT2D eigenvalue weighted by Gasteiger charge is 2.26. The fraction of sp³-hybridized carbons (Fsp3) is 0.462. The molecule has 0 heterocycles. The summed E-state index contributed by atoms with van der Waals surface area (Å²) < 4.78 is 31.9. The van der Waals surface area contributed by atoms with Gasteiger partial charge in [-0.25, -0.2) is 13.1 Å². The van der Waals surface area contributed by atoms with E-state index in [1.54, 1.807) is 26.0 Å². The molecule has 0 atom stereocenters. The van der Waals surface area contributed by atoms with Gasteiger partial charge in [-0.15, -0.1) is 0 Å². The van der Waals surface area contributed by atoms with Crippen molar-refractivity contribution in [1.82, 2.24) is 4.72 Å². The lowest BCUT2D eigenvalue weighted by Gasteiger charge is -2.24. The molecule has 0 unspecified atom stereocenters. The minimum absolute atomic E-state index is 0.179. The zero-order valence-electron chi connectivity index (χ0n) is 11.3. The summed E-state index contributed by atoms with van der Waals surface area (Å²) in [6.07, 6.45) is 0.267. The van der Waals surface area contributed by atoms with Gasteiger partial charge < -0.3 is 4.74 Å². The molecule has 0 saturated carbocycles. The zero-order valence-corrected chi connectivity index (χ0v) is 12.1. The number of nitrogens with zero attached hydrogens (tertiary/aromatic N) is 1. The zero-order chi connectivity index (χ0) is 14.5. The van der Waals surface area contributed by atoms with Crippen LogP contribution in [-0.2, 0) is 21.2 Å². The molecule has 0 aliphatic heterocycles. The van der Waals surface area contributed by atoms with Gasteiger partial charge >= 0.3 is 0 Å². The molecule has 1 aromatic rings. The maximum absolute atomic E-state index is 12.2. The van der Waals surface area contributed by atoms with Crippen molar-refractivity contribution in [3.05, 3.63) is 29.8 Å². The molecule has 104 valence electrons. The molecule has 1 aromatic carbocycles. The number of hydrogen-bond acceptors (Lipinski definition) is 4. The van der Waals surface area contributed by atoms with Gasteiger partial charge in [-0.3, -0.25) is 0 Å². The van der Waals surface area contributed by atoms with Crippen LogP contribution >= 0.6 is 0 Å². The minimum Gasteiger partial charge on any atom is -0.383 e. The van der Waals surface area contributed by atoms with Crippen molar-refractivity contribution in [3.63, 3.8) is 0 Å². The molecule has 0 bridgehead atoms. The Morgan fingerprint density at radius 2 is 1.89 bits per heavy atom. The lowest BCUT2D eigenvalue weighted by atomic mass is 10.1. The van der Waals surface area contributed by atoms with Crippen molar-refractivity contribution < 1.29 is 13.2 Å². The summed E-state index contributed by atoms with van der Waals surface area (Å²) in [7, 11) is -2.06. The Bertz CT molecular complexity index is 557. The monoisotopic (exact) mass is 282 g/mol. The van der Waals surface area contributed by atoms with E-state index in [1.807, 2.05) is 6.07 Å². The molecule has 0 saturated heterocycles. The van der Waals surface area contributed by atoms with Gasteiger partial charge in [-0.05, 0) is 31.5 Å². The van der Waals surface area contributed by atoms with E-state index in [2.05, 4.69) is 4.72 Å². The second-order valence-corrected chi connectivity index (χ2v) is 6.58. The van der Waals surface area contributed by atoms with Crippen molar-refractivity contribution in [3.8, 4) is 6.07 Å². The molecule has 0 aliphatic carbocycles. The Hall–Kier alpha value is -1.42. The molecule has 6 heteroatoms. The van der Waals surface area contributed by atoms with Crippen LogP contribution in [0.3, 0.4) is 0 Å². The lowest BCUT2D eigenvalue weighted by molar-refractivity contribution is 0.141. The van der Waals surface area contributed by atoms with E-state index in [1.165, 1.54) is 19.2 Å². The summed E-state index contributed by atoms with van der Waals surface area (Å²) in [6, 6.07) is 8.29. The number of methoxy groups -OCH3 is 1. The third-order valence-corrected chi connectivity index (χ3v) is 4.15. The highest BCUT2D eigenvalue weighted by atomic mass is 32.2. The fourth-order valence-electron chi connectivity index (χ4n) is 1.69. The van der Waals surface area contributed by atoms with E-state index >= 15 is 0 Å². The molecule has 5 nitrogen and oxygen atoms in total. The van der Waals surface area contributed by atoms with Gasteiger partial charge in [0.1, 0.15) is 0 Å². The normalized spacial score (nSPS) is 12.1. The van der Waals surface area contributed by atoms with Gasteiger partial charge in [-0.2, -0.15) is 5.26 Å². The topological polar surface area (TPSA) is 79.2 Å². The highest BCUT2D eigenvalue weighted by molar-refractivity contribution is 7.89. The standard InChI is InChI=1S/C13H18N2O3S/c1-13(2,10-18-3)15-19(16,17)12-6-4-11(5-7-12)8-9-14/h4-7,15H,8,10H2,1-3H3. The van der Waals surface area contributed by atoms with Gasteiger partial charge in [0.15, 0.2) is 0 Å². The molecular weight excluding hydrogens is 264 g/mol. The molecule has 1 rings (SSSR count). The van der Waals surface area contributed by atoms with E-state index in [9.17, 15) is 8.42 Å². The molecule has 0 fully saturated rings. The minimum atomic E-state index is -3.58. The van der Waals surface area contributed by atoms with Crippen LogP contribution in [0, 0.1) is 11.3 Å². The van der Waals surface area contributed by atoms with Crippen LogP contribution in [0.2, 0.25) is 0 Å². The quantitative estimate of drug-likeness (QED) is 0.856. The number of rotatable bonds is 6. The second kappa shape index (κ2) is 6.15. The van der Waals surface area contributed by atoms with E-state index < -0.39 is 15.6 Å². The number of hydrogen-bond donors (Lipinski definition) is 1. The van der Waals surface area contributed by atoms with Crippen LogP contribution in [0.5, 0.6) is 0 Å². The first-order valence-electron chi connectivity index (χ1n) is 5.79. The molecular formula is C13H18N2O3S. The summed E-state index contributed by atoms with van der Waals surface area (Å²) in [5.74, 6) is 0. The van der Waals surface area contributed by atoms with E-state index in [-0.39, 0.29) is 17.9 Å². The van der Waals surface area contributed by atoms with Crippen molar-refractivity contribution in [2.75, 3.05) is 13.7 Å². The van der Waals surface area contributed by atoms with E-state index in [4.69, 9.17) is 10.00 Å². The second-order valence-electron chi connectivity index (χ2n) is 4.90. The first-order chi connectivity index (χ1) is 8.80. The largest absolute Gasteiger partial charge is 0.383 e. The molecule has 0 aromatic heterocycles. The van der Waals surface area contributed by atoms with Crippen molar-refractivity contribution >= 4 is 10.0 Å². The van der Waals surface area contributed by atoms with Crippen molar-refractivity contribution in [1.29, 1.82) is 5.26 Å².